The number of rotatable bonds is 7. The van der Waals surface area contributed by atoms with E-state index in [-0.39, 0.29) is 5.69 Å². The van der Waals surface area contributed by atoms with Crippen molar-refractivity contribution < 1.29 is 14.2 Å². The highest BCUT2D eigenvalue weighted by molar-refractivity contribution is 7.70. The topological polar surface area (TPSA) is 106 Å². The molecule has 0 fully saturated rings. The van der Waals surface area contributed by atoms with Gasteiger partial charge in [0, 0.05) is 17.1 Å². The van der Waals surface area contributed by atoms with E-state index in [0.29, 0.717) is 28.2 Å². The van der Waals surface area contributed by atoms with Crippen molar-refractivity contribution in [3.05, 3.63) is 70.9 Å². The van der Waals surface area contributed by atoms with Crippen LogP contribution in [-0.4, -0.2) is 30.3 Å². The van der Waals surface area contributed by atoms with Gasteiger partial charge in [-0.25, -0.2) is 4.98 Å². The molecular formula is C20H21N4O4P. The quantitative estimate of drug-likeness (QED) is 0.328. The normalized spacial score (nSPS) is 11.0. The van der Waals surface area contributed by atoms with Crippen molar-refractivity contribution >= 4 is 41.0 Å². The molecule has 9 heteroatoms. The average Bonchev–Trinajstić information content (AvgIpc) is 2.68. The van der Waals surface area contributed by atoms with Gasteiger partial charge in [-0.15, -0.1) is 0 Å². The summed E-state index contributed by atoms with van der Waals surface area (Å²) in [6.07, 6.45) is 1.20. The molecule has 0 atom stereocenters. The number of anilines is 4. The number of para-hydroxylation sites is 1. The summed E-state index contributed by atoms with van der Waals surface area (Å²) in [6.45, 7) is 3.38. The fraction of sp³-hybridized carbons (Fsp3) is 0.150. The van der Waals surface area contributed by atoms with Gasteiger partial charge in [-0.05, 0) is 43.7 Å². The van der Waals surface area contributed by atoms with E-state index in [1.165, 1.54) is 13.3 Å². The molecule has 0 aliphatic rings. The Hall–Kier alpha value is -3.38. The number of ether oxygens (including phenoxy) is 1. The van der Waals surface area contributed by atoms with E-state index in [0.717, 1.165) is 5.69 Å². The SMILES string of the molecule is COc1cc(P(C)(C)=O)ccc1Nc1cc(Nc2ccccc2)c([N+](=O)[O-])cn1. The van der Waals surface area contributed by atoms with Gasteiger partial charge in [0.15, 0.2) is 0 Å². The van der Waals surface area contributed by atoms with Crippen LogP contribution in [0.25, 0.3) is 0 Å². The Morgan fingerprint density at radius 3 is 2.38 bits per heavy atom. The van der Waals surface area contributed by atoms with Gasteiger partial charge in [-0.3, -0.25) is 10.1 Å². The number of benzene rings is 2. The van der Waals surface area contributed by atoms with Crippen molar-refractivity contribution in [3.8, 4) is 5.75 Å². The molecule has 3 rings (SSSR count). The van der Waals surface area contributed by atoms with E-state index >= 15 is 0 Å². The summed E-state index contributed by atoms with van der Waals surface area (Å²) in [7, 11) is -0.913. The Morgan fingerprint density at radius 2 is 1.76 bits per heavy atom. The van der Waals surface area contributed by atoms with Crippen molar-refractivity contribution in [2.75, 3.05) is 31.1 Å². The predicted molar refractivity (Wildman–Crippen MR) is 116 cm³/mol. The number of nitrogens with one attached hydrogen (secondary N) is 2. The van der Waals surface area contributed by atoms with Crippen molar-refractivity contribution in [3.63, 3.8) is 0 Å². The molecule has 0 saturated carbocycles. The molecule has 0 spiro atoms. The second-order valence-electron chi connectivity index (χ2n) is 6.70. The summed E-state index contributed by atoms with van der Waals surface area (Å²) in [5.74, 6) is 0.903. The minimum atomic E-state index is -2.43. The van der Waals surface area contributed by atoms with Crippen LogP contribution in [0.1, 0.15) is 0 Å². The summed E-state index contributed by atoms with van der Waals surface area (Å²) < 4.78 is 17.7. The van der Waals surface area contributed by atoms with Crippen LogP contribution >= 0.6 is 7.14 Å². The minimum Gasteiger partial charge on any atom is -0.495 e. The molecule has 0 amide bonds. The lowest BCUT2D eigenvalue weighted by Gasteiger charge is -2.15. The Bertz CT molecular complexity index is 1080. The predicted octanol–water partition coefficient (Wildman–Crippen LogP) is 4.73. The van der Waals surface area contributed by atoms with E-state index in [1.807, 2.05) is 30.3 Å². The number of methoxy groups -OCH3 is 1. The van der Waals surface area contributed by atoms with Gasteiger partial charge in [0.05, 0.1) is 17.7 Å². The summed E-state index contributed by atoms with van der Waals surface area (Å²) in [6, 6.07) is 15.9. The monoisotopic (exact) mass is 412 g/mol. The maximum absolute atomic E-state index is 12.3. The van der Waals surface area contributed by atoms with E-state index in [4.69, 9.17) is 4.74 Å². The lowest BCUT2D eigenvalue weighted by molar-refractivity contribution is -0.384. The summed E-state index contributed by atoms with van der Waals surface area (Å²) in [5.41, 5.74) is 1.49. The van der Waals surface area contributed by atoms with Crippen LogP contribution in [0.4, 0.5) is 28.6 Å². The van der Waals surface area contributed by atoms with Crippen molar-refractivity contribution in [2.45, 2.75) is 0 Å². The molecule has 0 aliphatic carbocycles. The first-order chi connectivity index (χ1) is 13.8. The second-order valence-corrected chi connectivity index (χ2v) is 9.91. The lowest BCUT2D eigenvalue weighted by atomic mass is 10.2. The highest BCUT2D eigenvalue weighted by Crippen LogP contribution is 2.38. The third kappa shape index (κ3) is 4.92. The first kappa shape index (κ1) is 20.4. The molecular weight excluding hydrogens is 391 g/mol. The van der Waals surface area contributed by atoms with E-state index in [2.05, 4.69) is 15.6 Å². The Labute approximate surface area is 168 Å². The molecule has 8 nitrogen and oxygen atoms in total. The number of hydrogen-bond donors (Lipinski definition) is 2. The number of aromatic nitrogens is 1. The molecule has 1 heterocycles. The average molecular weight is 412 g/mol. The van der Waals surface area contributed by atoms with Crippen LogP contribution in [0.3, 0.4) is 0 Å². The maximum atomic E-state index is 12.3. The van der Waals surface area contributed by atoms with Crippen LogP contribution in [0.5, 0.6) is 5.75 Å². The molecule has 2 N–H and O–H groups in total. The molecule has 150 valence electrons. The van der Waals surface area contributed by atoms with Crippen LogP contribution in [-0.2, 0) is 4.57 Å². The first-order valence-corrected chi connectivity index (χ1v) is 11.3. The number of hydrogen-bond acceptors (Lipinski definition) is 7. The molecule has 29 heavy (non-hydrogen) atoms. The Morgan fingerprint density at radius 1 is 1.03 bits per heavy atom. The fourth-order valence-corrected chi connectivity index (χ4v) is 3.56. The fourth-order valence-electron chi connectivity index (χ4n) is 2.70. The molecule has 3 aromatic rings. The minimum absolute atomic E-state index is 0.139. The van der Waals surface area contributed by atoms with Crippen LogP contribution in [0, 0.1) is 10.1 Å². The van der Waals surface area contributed by atoms with Gasteiger partial charge in [0.25, 0.3) is 0 Å². The van der Waals surface area contributed by atoms with Gasteiger partial charge >= 0.3 is 5.69 Å². The standard InChI is InChI=1S/C20H21N4O4P/c1-28-19-11-15(29(2,3)27)9-10-16(19)23-20-12-17(18(13-21-20)24(25)26)22-14-7-5-4-6-8-14/h4-13H,1-3H3,(H2,21,22,23). The molecule has 1 aromatic heterocycles. The van der Waals surface area contributed by atoms with E-state index < -0.39 is 12.1 Å². The summed E-state index contributed by atoms with van der Waals surface area (Å²) >= 11 is 0. The third-order valence-electron chi connectivity index (χ3n) is 4.20. The van der Waals surface area contributed by atoms with Gasteiger partial charge in [-0.2, -0.15) is 0 Å². The highest BCUT2D eigenvalue weighted by Gasteiger charge is 2.18. The highest BCUT2D eigenvalue weighted by atomic mass is 31.2. The Balaban J connectivity index is 1.94. The number of pyridine rings is 1. The van der Waals surface area contributed by atoms with Gasteiger partial charge in [-0.1, -0.05) is 18.2 Å². The molecule has 0 bridgehead atoms. The number of nitro groups is 1. The first-order valence-electron chi connectivity index (χ1n) is 8.75. The largest absolute Gasteiger partial charge is 0.495 e. The van der Waals surface area contributed by atoms with Crippen molar-refractivity contribution in [1.29, 1.82) is 0 Å². The van der Waals surface area contributed by atoms with Crippen molar-refractivity contribution in [1.82, 2.24) is 4.98 Å². The van der Waals surface area contributed by atoms with E-state index in [9.17, 15) is 14.7 Å². The smallest absolute Gasteiger partial charge is 0.310 e. The van der Waals surface area contributed by atoms with Crippen LogP contribution < -0.4 is 20.7 Å². The second kappa shape index (κ2) is 8.32. The molecule has 2 aromatic carbocycles. The lowest BCUT2D eigenvalue weighted by Crippen LogP contribution is -2.06. The van der Waals surface area contributed by atoms with Crippen molar-refractivity contribution in [2.24, 2.45) is 0 Å². The van der Waals surface area contributed by atoms with Gasteiger partial charge in [0.2, 0.25) is 0 Å². The maximum Gasteiger partial charge on any atom is 0.310 e. The molecule has 0 unspecified atom stereocenters. The van der Waals surface area contributed by atoms with Crippen LogP contribution in [0.15, 0.2) is 60.8 Å². The van der Waals surface area contributed by atoms with Gasteiger partial charge in [0.1, 0.15) is 30.6 Å². The summed E-state index contributed by atoms with van der Waals surface area (Å²) in [4.78, 5) is 15.0. The molecule has 0 radical (unpaired) electrons. The Kier molecular flexibility index (Phi) is 5.84. The third-order valence-corrected chi connectivity index (χ3v) is 5.72. The van der Waals surface area contributed by atoms with Gasteiger partial charge < -0.3 is 19.9 Å². The number of nitrogens with zero attached hydrogens (tertiary/aromatic N) is 2. The summed E-state index contributed by atoms with van der Waals surface area (Å²) in [5, 5.41) is 18.2. The molecule has 0 saturated heterocycles. The molecule has 0 aliphatic heterocycles. The zero-order chi connectivity index (χ0) is 21.0. The van der Waals surface area contributed by atoms with Crippen LogP contribution in [0.2, 0.25) is 0 Å². The zero-order valence-corrected chi connectivity index (χ0v) is 17.1. The van der Waals surface area contributed by atoms with E-state index in [1.54, 1.807) is 37.6 Å². The zero-order valence-electron chi connectivity index (χ0n) is 16.2.